The second-order valence-corrected chi connectivity index (χ2v) is 11.0. The van der Waals surface area contributed by atoms with Crippen LogP contribution in [0.4, 0.5) is 0 Å². The van der Waals surface area contributed by atoms with Crippen molar-refractivity contribution in [2.45, 2.75) is 71.1 Å². The van der Waals surface area contributed by atoms with Crippen molar-refractivity contribution >= 4 is 11.3 Å². The van der Waals surface area contributed by atoms with Crippen molar-refractivity contribution in [3.05, 3.63) is 33.6 Å². The van der Waals surface area contributed by atoms with Gasteiger partial charge in [-0.15, -0.1) is 11.3 Å². The predicted molar refractivity (Wildman–Crippen MR) is 116 cm³/mol. The first-order valence-corrected chi connectivity index (χ1v) is 10.9. The van der Waals surface area contributed by atoms with Crippen molar-refractivity contribution in [2.75, 3.05) is 20.1 Å². The number of rotatable bonds is 2. The van der Waals surface area contributed by atoms with Gasteiger partial charge in [0.05, 0.1) is 10.7 Å². The Hall–Kier alpha value is -1.39. The highest BCUT2D eigenvalue weighted by Gasteiger charge is 2.28. The number of aromatic hydroxyl groups is 1. The van der Waals surface area contributed by atoms with Gasteiger partial charge < -0.3 is 10.0 Å². The van der Waals surface area contributed by atoms with E-state index in [2.05, 4.69) is 71.0 Å². The zero-order valence-corrected chi connectivity index (χ0v) is 18.7. The molecule has 1 aromatic heterocycles. The topological polar surface area (TPSA) is 36.4 Å². The van der Waals surface area contributed by atoms with Crippen LogP contribution < -0.4 is 0 Å². The number of phenolic OH excluding ortho intramolecular Hbond substituents is 1. The first-order chi connectivity index (χ1) is 12.5. The number of hydrogen-bond donors (Lipinski definition) is 1. The molecule has 3 nitrogen and oxygen atoms in total. The highest BCUT2D eigenvalue weighted by molar-refractivity contribution is 7.10. The molecule has 1 unspecified atom stereocenters. The minimum Gasteiger partial charge on any atom is -0.507 e. The summed E-state index contributed by atoms with van der Waals surface area (Å²) in [6, 6.07) is 4.27. The van der Waals surface area contributed by atoms with Gasteiger partial charge in [0, 0.05) is 34.5 Å². The molecule has 1 aromatic carbocycles. The SMILES string of the molecule is CN1CCCC(c2nc(-c3cc(C(C)(C)C)c(O)c(C(C)(C)C)c3)cs2)C1. The molecule has 1 aliphatic rings. The fourth-order valence-electron chi connectivity index (χ4n) is 3.90. The zero-order valence-electron chi connectivity index (χ0n) is 17.9. The smallest absolute Gasteiger partial charge is 0.123 e. The summed E-state index contributed by atoms with van der Waals surface area (Å²) in [5, 5.41) is 14.4. The van der Waals surface area contributed by atoms with E-state index in [0.29, 0.717) is 11.7 Å². The Morgan fingerprint density at radius 2 is 1.67 bits per heavy atom. The summed E-state index contributed by atoms with van der Waals surface area (Å²) >= 11 is 1.78. The Labute approximate surface area is 168 Å². The standard InChI is InChI=1S/C23H34N2OS/c1-22(2,3)17-11-16(12-18(20(17)26)23(4,5)6)19-14-27-21(24-19)15-9-8-10-25(7)13-15/h11-12,14-15,26H,8-10,13H2,1-7H3. The van der Waals surface area contributed by atoms with Crippen LogP contribution in [0.3, 0.4) is 0 Å². The number of thiazole rings is 1. The Morgan fingerprint density at radius 3 is 2.19 bits per heavy atom. The van der Waals surface area contributed by atoms with Crippen LogP contribution in [0, 0.1) is 0 Å². The van der Waals surface area contributed by atoms with Crippen LogP contribution in [0.2, 0.25) is 0 Å². The van der Waals surface area contributed by atoms with E-state index < -0.39 is 0 Å². The predicted octanol–water partition coefficient (Wildman–Crippen LogP) is 5.92. The van der Waals surface area contributed by atoms with E-state index in [0.717, 1.165) is 28.9 Å². The molecule has 0 spiro atoms. The lowest BCUT2D eigenvalue weighted by Gasteiger charge is -2.28. The van der Waals surface area contributed by atoms with Gasteiger partial charge in [-0.1, -0.05) is 41.5 Å². The van der Waals surface area contributed by atoms with Crippen molar-refractivity contribution < 1.29 is 5.11 Å². The quantitative estimate of drug-likeness (QED) is 0.696. The van der Waals surface area contributed by atoms with Crippen molar-refractivity contribution in [2.24, 2.45) is 0 Å². The van der Waals surface area contributed by atoms with E-state index in [1.54, 1.807) is 11.3 Å². The Balaban J connectivity index is 2.04. The normalized spacial score (nSPS) is 19.4. The Kier molecular flexibility index (Phi) is 5.44. The van der Waals surface area contributed by atoms with Gasteiger partial charge in [0.25, 0.3) is 0 Å². The van der Waals surface area contributed by atoms with Crippen LogP contribution in [0.15, 0.2) is 17.5 Å². The molecular weight excluding hydrogens is 352 g/mol. The lowest BCUT2D eigenvalue weighted by molar-refractivity contribution is 0.250. The molecule has 148 valence electrons. The third-order valence-electron chi connectivity index (χ3n) is 5.52. The fourth-order valence-corrected chi connectivity index (χ4v) is 4.86. The summed E-state index contributed by atoms with van der Waals surface area (Å²) in [4.78, 5) is 7.43. The van der Waals surface area contributed by atoms with Gasteiger partial charge in [0.15, 0.2) is 0 Å². The first-order valence-electron chi connectivity index (χ1n) is 9.99. The molecule has 0 aliphatic carbocycles. The largest absolute Gasteiger partial charge is 0.507 e. The molecule has 0 radical (unpaired) electrons. The van der Waals surface area contributed by atoms with E-state index in [-0.39, 0.29) is 10.8 Å². The number of likely N-dealkylation sites (N-methyl/N-ethyl adjacent to an activating group) is 1. The Morgan fingerprint density at radius 1 is 1.07 bits per heavy atom. The summed E-state index contributed by atoms with van der Waals surface area (Å²) < 4.78 is 0. The van der Waals surface area contributed by atoms with Crippen molar-refractivity contribution in [3.63, 3.8) is 0 Å². The number of hydrogen-bond acceptors (Lipinski definition) is 4. The van der Waals surface area contributed by atoms with Crippen LogP contribution in [-0.4, -0.2) is 35.1 Å². The van der Waals surface area contributed by atoms with Gasteiger partial charge in [-0.3, -0.25) is 0 Å². The highest BCUT2D eigenvalue weighted by Crippen LogP contribution is 2.42. The second-order valence-electron chi connectivity index (χ2n) is 10.1. The third kappa shape index (κ3) is 4.38. The molecule has 0 saturated carbocycles. The summed E-state index contributed by atoms with van der Waals surface area (Å²) in [6.45, 7) is 15.2. The van der Waals surface area contributed by atoms with Crippen molar-refractivity contribution in [1.29, 1.82) is 0 Å². The van der Waals surface area contributed by atoms with Gasteiger partial charge in [-0.25, -0.2) is 4.98 Å². The number of aromatic nitrogens is 1. The summed E-state index contributed by atoms with van der Waals surface area (Å²) in [7, 11) is 2.20. The average molecular weight is 387 g/mol. The van der Waals surface area contributed by atoms with E-state index >= 15 is 0 Å². The molecule has 1 N–H and O–H groups in total. The summed E-state index contributed by atoms with van der Waals surface area (Å²) in [5.41, 5.74) is 3.91. The minimum atomic E-state index is -0.120. The molecule has 1 atom stereocenters. The minimum absolute atomic E-state index is 0.120. The molecule has 2 aromatic rings. The van der Waals surface area contributed by atoms with E-state index in [9.17, 15) is 5.11 Å². The second kappa shape index (κ2) is 7.21. The molecule has 0 bridgehead atoms. The van der Waals surface area contributed by atoms with E-state index in [1.807, 2.05) is 0 Å². The zero-order chi connectivity index (χ0) is 20.0. The molecular formula is C23H34N2OS. The monoisotopic (exact) mass is 386 g/mol. The molecule has 0 amide bonds. The van der Waals surface area contributed by atoms with Gasteiger partial charge in [0.2, 0.25) is 0 Å². The van der Waals surface area contributed by atoms with Crippen LogP contribution in [0.1, 0.15) is 76.4 Å². The highest BCUT2D eigenvalue weighted by atomic mass is 32.1. The number of likely N-dealkylation sites (tertiary alicyclic amines) is 1. The molecule has 27 heavy (non-hydrogen) atoms. The molecule has 3 rings (SSSR count). The summed E-state index contributed by atoms with van der Waals surface area (Å²) in [5.74, 6) is 0.979. The van der Waals surface area contributed by atoms with Gasteiger partial charge in [-0.05, 0) is 49.4 Å². The maximum atomic E-state index is 10.9. The average Bonchev–Trinajstić information content (AvgIpc) is 3.03. The third-order valence-corrected chi connectivity index (χ3v) is 6.52. The Bertz CT molecular complexity index is 776. The van der Waals surface area contributed by atoms with Gasteiger partial charge in [0.1, 0.15) is 5.75 Å². The van der Waals surface area contributed by atoms with Crippen LogP contribution in [0.25, 0.3) is 11.3 Å². The van der Waals surface area contributed by atoms with Crippen molar-refractivity contribution in [1.82, 2.24) is 9.88 Å². The molecule has 1 aliphatic heterocycles. The van der Waals surface area contributed by atoms with Crippen LogP contribution in [0.5, 0.6) is 5.75 Å². The molecule has 2 heterocycles. The first kappa shape index (κ1) is 20.3. The maximum Gasteiger partial charge on any atom is 0.123 e. The van der Waals surface area contributed by atoms with E-state index in [4.69, 9.17) is 4.98 Å². The fraction of sp³-hybridized carbons (Fsp3) is 0.609. The molecule has 1 fully saturated rings. The lowest BCUT2D eigenvalue weighted by Crippen LogP contribution is -2.30. The lowest BCUT2D eigenvalue weighted by atomic mass is 9.78. The van der Waals surface area contributed by atoms with Gasteiger partial charge >= 0.3 is 0 Å². The number of benzene rings is 1. The number of nitrogens with zero attached hydrogens (tertiary/aromatic N) is 2. The van der Waals surface area contributed by atoms with Crippen LogP contribution in [-0.2, 0) is 10.8 Å². The van der Waals surface area contributed by atoms with Crippen LogP contribution >= 0.6 is 11.3 Å². The van der Waals surface area contributed by atoms with E-state index in [1.165, 1.54) is 24.4 Å². The molecule has 4 heteroatoms. The maximum absolute atomic E-state index is 10.9. The van der Waals surface area contributed by atoms with Crippen molar-refractivity contribution in [3.8, 4) is 17.0 Å². The number of phenols is 1. The molecule has 1 saturated heterocycles. The summed E-state index contributed by atoms with van der Waals surface area (Å²) in [6.07, 6.45) is 2.48. The number of piperidine rings is 1. The van der Waals surface area contributed by atoms with Gasteiger partial charge in [-0.2, -0.15) is 0 Å².